The van der Waals surface area contributed by atoms with E-state index < -0.39 is 0 Å². The van der Waals surface area contributed by atoms with Gasteiger partial charge >= 0.3 is 0 Å². The summed E-state index contributed by atoms with van der Waals surface area (Å²) >= 11 is 0. The molecule has 1 unspecified atom stereocenters. The van der Waals surface area contributed by atoms with Gasteiger partial charge in [-0.2, -0.15) is 0 Å². The van der Waals surface area contributed by atoms with Crippen molar-refractivity contribution in [3.05, 3.63) is 0 Å². The number of nitrogens with zero attached hydrogens (tertiary/aromatic N) is 1. The van der Waals surface area contributed by atoms with Crippen LogP contribution in [-0.2, 0) is 4.74 Å². The van der Waals surface area contributed by atoms with Crippen molar-refractivity contribution in [2.75, 3.05) is 33.9 Å². The molecule has 0 spiro atoms. The van der Waals surface area contributed by atoms with E-state index in [1.807, 2.05) is 0 Å². The third-order valence-corrected chi connectivity index (χ3v) is 2.99. The lowest BCUT2D eigenvalue weighted by Crippen LogP contribution is -2.46. The van der Waals surface area contributed by atoms with E-state index in [1.165, 1.54) is 12.8 Å². The second kappa shape index (κ2) is 5.58. The first-order valence-electron chi connectivity index (χ1n) is 5.17. The number of likely N-dealkylation sites (N-methyl/N-ethyl adjacent to an activating group) is 1. The average Bonchev–Trinajstić information content (AvgIpc) is 2.18. The molecule has 0 saturated carbocycles. The summed E-state index contributed by atoms with van der Waals surface area (Å²) in [5.41, 5.74) is 0. The lowest BCUT2D eigenvalue weighted by molar-refractivity contribution is 0.0782. The molecule has 1 aliphatic rings. The van der Waals surface area contributed by atoms with Gasteiger partial charge in [0.1, 0.15) is 0 Å². The zero-order valence-corrected chi connectivity index (χ0v) is 9.05. The van der Waals surface area contributed by atoms with Crippen molar-refractivity contribution in [1.82, 2.24) is 10.2 Å². The molecule has 1 saturated heterocycles. The van der Waals surface area contributed by atoms with Crippen molar-refractivity contribution in [2.45, 2.75) is 31.8 Å². The van der Waals surface area contributed by atoms with E-state index in [1.54, 1.807) is 7.11 Å². The van der Waals surface area contributed by atoms with Crippen LogP contribution in [0.25, 0.3) is 0 Å². The fourth-order valence-corrected chi connectivity index (χ4v) is 1.93. The van der Waals surface area contributed by atoms with Gasteiger partial charge in [0, 0.05) is 19.2 Å². The Morgan fingerprint density at radius 1 is 1.46 bits per heavy atom. The minimum Gasteiger partial charge on any atom is -0.383 e. The van der Waals surface area contributed by atoms with Crippen LogP contribution in [0.15, 0.2) is 0 Å². The lowest BCUT2D eigenvalue weighted by Gasteiger charge is -2.35. The van der Waals surface area contributed by atoms with E-state index in [0.29, 0.717) is 6.04 Å². The van der Waals surface area contributed by atoms with Gasteiger partial charge < -0.3 is 10.1 Å². The maximum atomic E-state index is 5.16. The van der Waals surface area contributed by atoms with Gasteiger partial charge in [0.2, 0.25) is 0 Å². The number of hydrogen-bond donors (Lipinski definition) is 1. The van der Waals surface area contributed by atoms with Crippen LogP contribution in [0.4, 0.5) is 0 Å². The molecular weight excluding hydrogens is 164 g/mol. The first-order valence-corrected chi connectivity index (χ1v) is 5.17. The van der Waals surface area contributed by atoms with Crippen LogP contribution in [0.1, 0.15) is 19.8 Å². The highest BCUT2D eigenvalue weighted by molar-refractivity contribution is 4.78. The highest BCUT2D eigenvalue weighted by Gasteiger charge is 2.21. The Bertz CT molecular complexity index is 135. The summed E-state index contributed by atoms with van der Waals surface area (Å²) in [6.45, 7) is 5.38. The summed E-state index contributed by atoms with van der Waals surface area (Å²) in [4.78, 5) is 2.45. The summed E-state index contributed by atoms with van der Waals surface area (Å²) in [6, 6.07) is 1.28. The van der Waals surface area contributed by atoms with Crippen LogP contribution in [0.2, 0.25) is 0 Å². The van der Waals surface area contributed by atoms with Crippen LogP contribution in [0.3, 0.4) is 0 Å². The van der Waals surface area contributed by atoms with Crippen LogP contribution >= 0.6 is 0 Å². The molecule has 0 bridgehead atoms. The molecule has 1 N–H and O–H groups in total. The molecule has 3 heteroatoms. The van der Waals surface area contributed by atoms with Gasteiger partial charge in [-0.1, -0.05) is 0 Å². The summed E-state index contributed by atoms with van der Waals surface area (Å²) in [5.74, 6) is 0. The summed E-state index contributed by atoms with van der Waals surface area (Å²) < 4.78 is 5.16. The SMILES string of the molecule is COCC(C)N(C)C1CCNCC1. The van der Waals surface area contributed by atoms with E-state index >= 15 is 0 Å². The Hall–Kier alpha value is -0.120. The molecule has 0 radical (unpaired) electrons. The van der Waals surface area contributed by atoms with Crippen LogP contribution < -0.4 is 5.32 Å². The Balaban J connectivity index is 2.31. The predicted molar refractivity (Wildman–Crippen MR) is 55.0 cm³/mol. The zero-order valence-electron chi connectivity index (χ0n) is 9.05. The number of piperidine rings is 1. The molecule has 1 atom stereocenters. The van der Waals surface area contributed by atoms with E-state index in [2.05, 4.69) is 24.2 Å². The Labute approximate surface area is 81.4 Å². The quantitative estimate of drug-likeness (QED) is 0.699. The zero-order chi connectivity index (χ0) is 9.68. The summed E-state index contributed by atoms with van der Waals surface area (Å²) in [6.07, 6.45) is 2.54. The molecule has 13 heavy (non-hydrogen) atoms. The van der Waals surface area contributed by atoms with Crippen LogP contribution in [0, 0.1) is 0 Å². The average molecular weight is 186 g/mol. The molecule has 0 aliphatic carbocycles. The smallest absolute Gasteiger partial charge is 0.0615 e. The van der Waals surface area contributed by atoms with E-state index in [-0.39, 0.29) is 0 Å². The van der Waals surface area contributed by atoms with E-state index in [4.69, 9.17) is 4.74 Å². The van der Waals surface area contributed by atoms with Crippen molar-refractivity contribution in [3.63, 3.8) is 0 Å². The number of ether oxygens (including phenoxy) is 1. The van der Waals surface area contributed by atoms with Gasteiger partial charge in [-0.25, -0.2) is 0 Å². The van der Waals surface area contributed by atoms with E-state index in [0.717, 1.165) is 25.7 Å². The van der Waals surface area contributed by atoms with Crippen molar-refractivity contribution in [3.8, 4) is 0 Å². The van der Waals surface area contributed by atoms with Gasteiger partial charge in [-0.05, 0) is 39.9 Å². The molecule has 0 aromatic heterocycles. The number of nitrogens with one attached hydrogen (secondary N) is 1. The first-order chi connectivity index (χ1) is 6.25. The Morgan fingerprint density at radius 3 is 2.62 bits per heavy atom. The molecule has 1 aliphatic heterocycles. The molecule has 0 aromatic rings. The maximum Gasteiger partial charge on any atom is 0.0615 e. The third kappa shape index (κ3) is 3.25. The lowest BCUT2D eigenvalue weighted by atomic mass is 10.0. The van der Waals surface area contributed by atoms with Gasteiger partial charge in [-0.3, -0.25) is 4.90 Å². The maximum absolute atomic E-state index is 5.16. The van der Waals surface area contributed by atoms with Crippen molar-refractivity contribution in [2.24, 2.45) is 0 Å². The number of hydrogen-bond acceptors (Lipinski definition) is 3. The Kier molecular flexibility index (Phi) is 4.70. The second-order valence-electron chi connectivity index (χ2n) is 3.95. The Morgan fingerprint density at radius 2 is 2.08 bits per heavy atom. The predicted octanol–water partition coefficient (Wildman–Crippen LogP) is 0.705. The van der Waals surface area contributed by atoms with Gasteiger partial charge in [0.05, 0.1) is 6.61 Å². The molecule has 3 nitrogen and oxygen atoms in total. The fraction of sp³-hybridized carbons (Fsp3) is 1.00. The van der Waals surface area contributed by atoms with Crippen LogP contribution in [0.5, 0.6) is 0 Å². The molecule has 1 rings (SSSR count). The number of rotatable bonds is 4. The highest BCUT2D eigenvalue weighted by atomic mass is 16.5. The van der Waals surface area contributed by atoms with Gasteiger partial charge in [-0.15, -0.1) is 0 Å². The van der Waals surface area contributed by atoms with Gasteiger partial charge in [0.15, 0.2) is 0 Å². The van der Waals surface area contributed by atoms with Crippen molar-refractivity contribution < 1.29 is 4.74 Å². The highest BCUT2D eigenvalue weighted by Crippen LogP contribution is 2.12. The summed E-state index contributed by atoms with van der Waals surface area (Å²) in [5, 5.41) is 3.38. The normalized spacial score (nSPS) is 22.2. The van der Waals surface area contributed by atoms with Crippen molar-refractivity contribution in [1.29, 1.82) is 0 Å². The molecular formula is C10H22N2O. The molecule has 0 amide bonds. The minimum absolute atomic E-state index is 0.535. The molecule has 1 heterocycles. The van der Waals surface area contributed by atoms with E-state index in [9.17, 15) is 0 Å². The third-order valence-electron chi connectivity index (χ3n) is 2.99. The minimum atomic E-state index is 0.535. The topological polar surface area (TPSA) is 24.5 Å². The van der Waals surface area contributed by atoms with Gasteiger partial charge in [0.25, 0.3) is 0 Å². The molecule has 78 valence electrons. The summed E-state index contributed by atoms with van der Waals surface area (Å²) in [7, 11) is 3.98. The largest absolute Gasteiger partial charge is 0.383 e. The molecule has 1 fully saturated rings. The fourth-order valence-electron chi connectivity index (χ4n) is 1.93. The monoisotopic (exact) mass is 186 g/mol. The van der Waals surface area contributed by atoms with Crippen LogP contribution in [-0.4, -0.2) is 50.8 Å². The number of methoxy groups -OCH3 is 1. The van der Waals surface area contributed by atoms with Crippen molar-refractivity contribution >= 4 is 0 Å². The standard InChI is InChI=1S/C10H22N2O/c1-9(8-13-3)12(2)10-4-6-11-7-5-10/h9-11H,4-8H2,1-3H3. The second-order valence-corrected chi connectivity index (χ2v) is 3.95. The first kappa shape index (κ1) is 11.0. The molecule has 0 aromatic carbocycles.